The van der Waals surface area contributed by atoms with Gasteiger partial charge in [0, 0.05) is 6.42 Å². The standard InChI is InChI=1S/C74H141NO8/c1-3-5-7-9-11-13-15-17-19-21-23-25-27-28-29-30-31-32-33-34-35-36-37-38-39-40-42-44-46-48-50-52-54-56-58-60-62-64-70(78)75-67(66-82-74-73(81)72(80)71(79)69(65-76)83-74)68(77)63-61-59-57-55-53-51-49-47-45-43-41-26-24-22-20-18-16-14-12-10-8-6-4-2/h21,23,53,55,61,63,67-69,71-74,76-77,79-81H,3-20,22,24-52,54,56-60,62,64-66H2,1-2H3,(H,75,78)/b23-21-,55-53+,63-61+. The molecule has 0 aliphatic carbocycles. The first kappa shape index (κ1) is 79.4. The summed E-state index contributed by atoms with van der Waals surface area (Å²) in [5.41, 5.74) is 0. The van der Waals surface area contributed by atoms with E-state index in [9.17, 15) is 30.3 Å². The SMILES string of the molecule is CCCCCCCCCC/C=C\CCCCCCCCCCCCCCCCCCCCCCCCCCCC(=O)NC(COC1OC(CO)C(O)C(O)C1O)C(O)/C=C/CC/C=C/CCCCCCCCCCCCCCCCCCC. The van der Waals surface area contributed by atoms with E-state index < -0.39 is 49.5 Å². The number of allylic oxidation sites excluding steroid dienone is 5. The van der Waals surface area contributed by atoms with Crippen LogP contribution in [-0.2, 0) is 14.3 Å². The molecule has 1 saturated heterocycles. The van der Waals surface area contributed by atoms with Crippen LogP contribution in [0.4, 0.5) is 0 Å². The van der Waals surface area contributed by atoms with Crippen LogP contribution in [0.15, 0.2) is 36.5 Å². The van der Waals surface area contributed by atoms with Crippen molar-refractivity contribution in [2.45, 2.75) is 416 Å². The molecule has 7 atom stereocenters. The number of carbonyl (C=O) groups is 1. The van der Waals surface area contributed by atoms with E-state index in [2.05, 4.69) is 43.5 Å². The zero-order valence-corrected chi connectivity index (χ0v) is 55.0. The van der Waals surface area contributed by atoms with Gasteiger partial charge in [0.05, 0.1) is 25.4 Å². The number of carbonyl (C=O) groups excluding carboxylic acids is 1. The monoisotopic (exact) mass is 1170 g/mol. The lowest BCUT2D eigenvalue weighted by Gasteiger charge is -2.40. The summed E-state index contributed by atoms with van der Waals surface area (Å²) in [5, 5.41) is 54.7. The van der Waals surface area contributed by atoms with E-state index in [1.54, 1.807) is 6.08 Å². The highest BCUT2D eigenvalue weighted by Gasteiger charge is 2.44. The van der Waals surface area contributed by atoms with Gasteiger partial charge >= 0.3 is 0 Å². The summed E-state index contributed by atoms with van der Waals surface area (Å²) in [6.07, 6.45) is 78.5. The molecule has 7 unspecified atom stereocenters. The van der Waals surface area contributed by atoms with Gasteiger partial charge in [-0.2, -0.15) is 0 Å². The van der Waals surface area contributed by atoms with Crippen molar-refractivity contribution >= 4 is 5.91 Å². The molecule has 490 valence electrons. The second-order valence-electron chi connectivity index (χ2n) is 25.7. The van der Waals surface area contributed by atoms with Crippen LogP contribution in [0.1, 0.15) is 373 Å². The Morgan fingerprint density at radius 2 is 0.687 bits per heavy atom. The van der Waals surface area contributed by atoms with Gasteiger partial charge in [-0.05, 0) is 57.8 Å². The van der Waals surface area contributed by atoms with Crippen molar-refractivity contribution in [2.75, 3.05) is 13.2 Å². The molecule has 0 spiro atoms. The molecule has 9 heteroatoms. The van der Waals surface area contributed by atoms with E-state index in [4.69, 9.17) is 9.47 Å². The summed E-state index contributed by atoms with van der Waals surface area (Å²) < 4.78 is 11.3. The summed E-state index contributed by atoms with van der Waals surface area (Å²) in [4.78, 5) is 13.1. The topological polar surface area (TPSA) is 149 Å². The van der Waals surface area contributed by atoms with Gasteiger partial charge in [0.1, 0.15) is 24.4 Å². The quantitative estimate of drug-likeness (QED) is 0.0261. The lowest BCUT2D eigenvalue weighted by molar-refractivity contribution is -0.302. The third-order valence-corrected chi connectivity index (χ3v) is 17.7. The summed E-state index contributed by atoms with van der Waals surface area (Å²) >= 11 is 0. The van der Waals surface area contributed by atoms with Gasteiger partial charge < -0.3 is 40.3 Å². The molecule has 1 aliphatic heterocycles. The van der Waals surface area contributed by atoms with Gasteiger partial charge in [-0.3, -0.25) is 4.79 Å². The largest absolute Gasteiger partial charge is 0.394 e. The van der Waals surface area contributed by atoms with E-state index in [1.807, 2.05) is 6.08 Å². The third kappa shape index (κ3) is 52.1. The van der Waals surface area contributed by atoms with Gasteiger partial charge in [0.15, 0.2) is 6.29 Å². The maximum atomic E-state index is 13.1. The number of nitrogens with one attached hydrogen (secondary N) is 1. The number of aliphatic hydroxyl groups is 5. The Labute approximate surface area is 514 Å². The fourth-order valence-corrected chi connectivity index (χ4v) is 11.9. The van der Waals surface area contributed by atoms with Crippen LogP contribution >= 0.6 is 0 Å². The minimum absolute atomic E-state index is 0.179. The fourth-order valence-electron chi connectivity index (χ4n) is 11.9. The van der Waals surface area contributed by atoms with Gasteiger partial charge in [-0.25, -0.2) is 0 Å². The smallest absolute Gasteiger partial charge is 0.220 e. The number of hydrogen-bond acceptors (Lipinski definition) is 8. The van der Waals surface area contributed by atoms with E-state index >= 15 is 0 Å². The normalized spacial score (nSPS) is 18.4. The first-order valence-electron chi connectivity index (χ1n) is 36.7. The average molecular weight is 1170 g/mol. The maximum absolute atomic E-state index is 13.1. The van der Waals surface area contributed by atoms with Crippen molar-refractivity contribution < 1.29 is 39.8 Å². The molecule has 1 aliphatic rings. The predicted molar refractivity (Wildman–Crippen MR) is 355 cm³/mol. The Morgan fingerprint density at radius 1 is 0.398 bits per heavy atom. The number of rotatable bonds is 65. The Morgan fingerprint density at radius 3 is 1.01 bits per heavy atom. The lowest BCUT2D eigenvalue weighted by atomic mass is 9.99. The summed E-state index contributed by atoms with van der Waals surface area (Å²) in [6.45, 7) is 3.82. The van der Waals surface area contributed by atoms with Crippen LogP contribution in [0, 0.1) is 0 Å². The highest BCUT2D eigenvalue weighted by atomic mass is 16.7. The summed E-state index contributed by atoms with van der Waals surface area (Å²) in [6, 6.07) is -0.821. The Bertz CT molecular complexity index is 1410. The van der Waals surface area contributed by atoms with Crippen LogP contribution in [-0.4, -0.2) is 87.5 Å². The second-order valence-corrected chi connectivity index (χ2v) is 25.7. The van der Waals surface area contributed by atoms with Crippen molar-refractivity contribution in [3.63, 3.8) is 0 Å². The van der Waals surface area contributed by atoms with Gasteiger partial charge in [0.2, 0.25) is 5.91 Å². The Kier molecular flexibility index (Phi) is 60.7. The number of hydrogen-bond donors (Lipinski definition) is 6. The molecule has 0 saturated carbocycles. The molecule has 1 heterocycles. The number of amides is 1. The number of ether oxygens (including phenoxy) is 2. The van der Waals surface area contributed by atoms with E-state index in [0.717, 1.165) is 38.5 Å². The minimum atomic E-state index is -1.57. The molecule has 9 nitrogen and oxygen atoms in total. The minimum Gasteiger partial charge on any atom is -0.394 e. The first-order chi connectivity index (χ1) is 40.8. The highest BCUT2D eigenvalue weighted by molar-refractivity contribution is 5.76. The third-order valence-electron chi connectivity index (χ3n) is 17.7. The van der Waals surface area contributed by atoms with Crippen molar-refractivity contribution in [1.29, 1.82) is 0 Å². The molecule has 0 bridgehead atoms. The van der Waals surface area contributed by atoms with Crippen LogP contribution in [0.25, 0.3) is 0 Å². The van der Waals surface area contributed by atoms with E-state index in [1.165, 1.54) is 315 Å². The molecule has 0 radical (unpaired) electrons. The average Bonchev–Trinajstić information content (AvgIpc) is 3.60. The summed E-state index contributed by atoms with van der Waals surface area (Å²) in [7, 11) is 0. The molecule has 0 aromatic heterocycles. The van der Waals surface area contributed by atoms with Crippen LogP contribution in [0.3, 0.4) is 0 Å². The molecule has 83 heavy (non-hydrogen) atoms. The van der Waals surface area contributed by atoms with Crippen molar-refractivity contribution in [1.82, 2.24) is 5.32 Å². The molecule has 0 aromatic carbocycles. The maximum Gasteiger partial charge on any atom is 0.220 e. The van der Waals surface area contributed by atoms with Crippen molar-refractivity contribution in [3.05, 3.63) is 36.5 Å². The number of unbranched alkanes of at least 4 members (excludes halogenated alkanes) is 51. The van der Waals surface area contributed by atoms with E-state index in [-0.39, 0.29) is 12.5 Å². The van der Waals surface area contributed by atoms with Crippen LogP contribution in [0.2, 0.25) is 0 Å². The van der Waals surface area contributed by atoms with Gasteiger partial charge in [-0.15, -0.1) is 0 Å². The Balaban J connectivity index is 2.08. The second kappa shape index (κ2) is 63.4. The molecular weight excluding hydrogens is 1030 g/mol. The van der Waals surface area contributed by atoms with Gasteiger partial charge in [0.25, 0.3) is 0 Å². The molecular formula is C74H141NO8. The highest BCUT2D eigenvalue weighted by Crippen LogP contribution is 2.24. The summed E-state index contributed by atoms with van der Waals surface area (Å²) in [5.74, 6) is -0.179. The van der Waals surface area contributed by atoms with Gasteiger partial charge in [-0.1, -0.05) is 346 Å². The van der Waals surface area contributed by atoms with E-state index in [0.29, 0.717) is 6.42 Å². The molecule has 1 rings (SSSR count). The zero-order valence-electron chi connectivity index (χ0n) is 55.0. The Hall–Kier alpha value is -1.59. The number of aliphatic hydroxyl groups excluding tert-OH is 5. The van der Waals surface area contributed by atoms with Crippen molar-refractivity contribution in [2.24, 2.45) is 0 Å². The predicted octanol–water partition coefficient (Wildman–Crippen LogP) is 20.2. The van der Waals surface area contributed by atoms with Crippen LogP contribution < -0.4 is 5.32 Å². The zero-order chi connectivity index (χ0) is 60.0. The van der Waals surface area contributed by atoms with Crippen molar-refractivity contribution in [3.8, 4) is 0 Å². The van der Waals surface area contributed by atoms with Crippen LogP contribution in [0.5, 0.6) is 0 Å². The molecule has 1 amide bonds. The fraction of sp³-hybridized carbons (Fsp3) is 0.905. The molecule has 1 fully saturated rings. The molecule has 6 N–H and O–H groups in total. The first-order valence-corrected chi connectivity index (χ1v) is 36.7. The lowest BCUT2D eigenvalue weighted by Crippen LogP contribution is -2.60. The molecule has 0 aromatic rings.